The maximum Gasteiger partial charge on any atom is 0.255 e. The molecule has 105 heavy (non-hydrogen) atoms. The molecule has 0 unspecified atom stereocenters. The van der Waals surface area contributed by atoms with Crippen LogP contribution in [0.3, 0.4) is 0 Å². The molecule has 586 valence electrons. The van der Waals surface area contributed by atoms with E-state index in [9.17, 15) is 28.8 Å². The highest BCUT2D eigenvalue weighted by molar-refractivity contribution is 6.04. The van der Waals surface area contributed by atoms with Crippen molar-refractivity contribution < 1.29 is 57.2 Å². The van der Waals surface area contributed by atoms with Crippen LogP contribution in [0.15, 0.2) is 102 Å². The van der Waals surface area contributed by atoms with E-state index in [1.807, 2.05) is 38.0 Å². The number of benzene rings is 1. The van der Waals surface area contributed by atoms with E-state index in [1.54, 1.807) is 32.2 Å². The van der Waals surface area contributed by atoms with Gasteiger partial charge in [-0.25, -0.2) is 0 Å². The Hall–Kier alpha value is -9.72. The van der Waals surface area contributed by atoms with Crippen LogP contribution >= 0.6 is 0 Å². The summed E-state index contributed by atoms with van der Waals surface area (Å²) < 4.78 is 36.7. The molecule has 2 saturated carbocycles. The number of carbonyl (C=O) groups is 6. The van der Waals surface area contributed by atoms with E-state index in [-0.39, 0.29) is 130 Å². The Balaban J connectivity index is 1.41. The van der Waals surface area contributed by atoms with Gasteiger partial charge >= 0.3 is 0 Å². The number of hydrogen-bond acceptors (Lipinski definition) is 18. The van der Waals surface area contributed by atoms with E-state index in [0.717, 1.165) is 51.4 Å². The third kappa shape index (κ3) is 34.2. The molecule has 3 aliphatic carbocycles. The molecule has 0 saturated heterocycles. The Morgan fingerprint density at radius 1 is 0.524 bits per heavy atom. The Morgan fingerprint density at radius 2 is 0.971 bits per heavy atom. The number of hydrogen-bond donors (Lipinski definition) is 14. The van der Waals surface area contributed by atoms with Crippen LogP contribution in [0.2, 0.25) is 0 Å². The fraction of sp³-hybridized carbons (Fsp3) is 0.616. The second kappa shape index (κ2) is 49.1. The zero-order chi connectivity index (χ0) is 77.1. The summed E-state index contributed by atoms with van der Waals surface area (Å²) in [7, 11) is 12.1. The van der Waals surface area contributed by atoms with Crippen molar-refractivity contribution in [1.29, 1.82) is 0 Å². The number of nitrogens with one attached hydrogen (secondary N) is 7. The molecule has 3 aliphatic rings. The molecule has 0 aliphatic heterocycles. The first-order valence-corrected chi connectivity index (χ1v) is 36.6. The van der Waals surface area contributed by atoms with Gasteiger partial charge in [-0.3, -0.25) is 48.7 Å². The quantitative estimate of drug-likeness (QED) is 0.0111. The van der Waals surface area contributed by atoms with Gasteiger partial charge in [0.15, 0.2) is 23.8 Å². The van der Waals surface area contributed by atoms with Crippen LogP contribution in [0.4, 0.5) is 0 Å². The lowest BCUT2D eigenvalue weighted by molar-refractivity contribution is -0.120. The van der Waals surface area contributed by atoms with Crippen molar-refractivity contribution in [2.75, 3.05) is 128 Å². The third-order valence-corrected chi connectivity index (χ3v) is 17.6. The fourth-order valence-electron chi connectivity index (χ4n) is 11.5. The van der Waals surface area contributed by atoms with Crippen LogP contribution < -0.4 is 86.8 Å². The van der Waals surface area contributed by atoms with Crippen LogP contribution in [0.5, 0.6) is 11.5 Å². The van der Waals surface area contributed by atoms with E-state index < -0.39 is 23.6 Å². The van der Waals surface area contributed by atoms with Crippen LogP contribution in [-0.2, 0) is 38.1 Å². The standard InChI is InChI=1S/C73H122N20O12/c1-48(64(94)88-50-22-26-52(27-23-50)90-68(98)55-31-30-54(66(96)82-36-38-92(4)5)60(102-40-18-10-14-32-84-70(74)75)46-61(55)103-41-21-13-17-35-87-73(80)81-3)58(100-8)45-59(101-9)49(2)65(95)89-51-24-28-53(29-25-51)91-69(99)57-44-56(67(97)83-37-39-93(6)7)62(104-42-19-11-15-33-85-71(76)77)47-63(57)105-43-20-12-16-34-86-72(78)79/h31,44-47,50-53H,2,10-30,32-43H2,1,3-9H3,(H,82,96)(H,83,97)(H,88,94)(H,89,95)(H,90,98)(H,91,99)(H4,74,75,84)(H4,76,77,85)(H4,78,79,86)(H3,80,81,87)/b58-48-,59-45+. The SMILES string of the molecule is C=C(C(=O)NC1CCC(NC(=O)c2cc(C(=O)NCCN(C)C)c(OCCCCCN=C(N)N)cc2OCCCCCN=C(N)N)CC1)/C(=C\C(OC)=C(/C)C(=O)NC1CCC(NC(=O)C2=CCC(C(=O)NCCN(C)C)=C(OCCCCCN=C(N)N)C=C2OCCCCCNC(N)=NC)CC1)OC. The number of nitrogens with two attached hydrogens (primary N) is 7. The summed E-state index contributed by atoms with van der Waals surface area (Å²) in [6.07, 6.45) is 18.0. The zero-order valence-electron chi connectivity index (χ0n) is 63.4. The molecule has 1 aromatic rings. The lowest BCUT2D eigenvalue weighted by Crippen LogP contribution is -2.44. The predicted octanol–water partition coefficient (Wildman–Crippen LogP) is 2.66. The molecule has 0 heterocycles. The van der Waals surface area contributed by atoms with Crippen molar-refractivity contribution in [3.63, 3.8) is 0 Å². The second-order valence-corrected chi connectivity index (χ2v) is 26.6. The van der Waals surface area contributed by atoms with Crippen molar-refractivity contribution in [3.8, 4) is 11.5 Å². The molecular formula is C73H122N20O12. The summed E-state index contributed by atoms with van der Waals surface area (Å²) >= 11 is 0. The highest BCUT2D eigenvalue weighted by Crippen LogP contribution is 2.33. The second-order valence-electron chi connectivity index (χ2n) is 26.6. The van der Waals surface area contributed by atoms with E-state index in [0.29, 0.717) is 160 Å². The molecule has 32 heteroatoms. The lowest BCUT2D eigenvalue weighted by Gasteiger charge is -2.30. The summed E-state index contributed by atoms with van der Waals surface area (Å²) in [6.45, 7) is 10.8. The summed E-state index contributed by atoms with van der Waals surface area (Å²) in [5, 5.41) is 21.6. The molecule has 0 aromatic heterocycles. The molecule has 4 rings (SSSR count). The first-order chi connectivity index (χ1) is 50.3. The normalized spacial score (nSPS) is 17.0. The van der Waals surface area contributed by atoms with E-state index in [1.165, 1.54) is 26.4 Å². The van der Waals surface area contributed by atoms with Crippen molar-refractivity contribution in [2.45, 2.75) is 166 Å². The molecule has 0 spiro atoms. The van der Waals surface area contributed by atoms with Crippen LogP contribution in [-0.4, -0.2) is 221 Å². The minimum Gasteiger partial charge on any atom is -0.496 e. The molecule has 0 atom stereocenters. The first kappa shape index (κ1) is 87.7. The molecule has 21 N–H and O–H groups in total. The minimum atomic E-state index is -0.488. The fourth-order valence-corrected chi connectivity index (χ4v) is 11.5. The van der Waals surface area contributed by atoms with Gasteiger partial charge in [0.2, 0.25) is 0 Å². The maximum atomic E-state index is 14.5. The summed E-state index contributed by atoms with van der Waals surface area (Å²) in [4.78, 5) is 104. The Bertz CT molecular complexity index is 3260. The number of aliphatic imine (C=N–C) groups is 4. The lowest BCUT2D eigenvalue weighted by atomic mass is 9.90. The number of methoxy groups -OCH3 is 2. The largest absolute Gasteiger partial charge is 0.496 e. The van der Waals surface area contributed by atoms with Gasteiger partial charge in [0.25, 0.3) is 35.4 Å². The maximum absolute atomic E-state index is 14.5. The molecule has 6 amide bonds. The Kier molecular flexibility index (Phi) is 41.0. The van der Waals surface area contributed by atoms with Crippen molar-refractivity contribution in [1.82, 2.24) is 47.0 Å². The van der Waals surface area contributed by atoms with Gasteiger partial charge in [0.1, 0.15) is 34.5 Å². The molecular weight excluding hydrogens is 1350 g/mol. The Morgan fingerprint density at radius 3 is 1.45 bits per heavy atom. The Labute approximate surface area is 620 Å². The average Bonchev–Trinajstić information content (AvgIpc) is 1.48. The topological polar surface area (TPSA) is 480 Å². The summed E-state index contributed by atoms with van der Waals surface area (Å²) in [5.41, 5.74) is 40.0. The predicted molar refractivity (Wildman–Crippen MR) is 411 cm³/mol. The summed E-state index contributed by atoms with van der Waals surface area (Å²) in [5.74, 6) is -0.586. The highest BCUT2D eigenvalue weighted by atomic mass is 16.5. The van der Waals surface area contributed by atoms with E-state index >= 15 is 0 Å². The van der Waals surface area contributed by atoms with Gasteiger partial charge in [-0.15, -0.1) is 0 Å². The third-order valence-electron chi connectivity index (χ3n) is 17.6. The number of rotatable bonds is 48. The number of likely N-dealkylation sites (N-methyl/N-ethyl adjacent to an activating group) is 2. The number of guanidine groups is 4. The molecule has 32 nitrogen and oxygen atoms in total. The number of nitrogens with zero attached hydrogens (tertiary/aromatic N) is 6. The van der Waals surface area contributed by atoms with Gasteiger partial charge in [-0.2, -0.15) is 0 Å². The highest BCUT2D eigenvalue weighted by Gasteiger charge is 2.32. The average molecular weight is 1470 g/mol. The minimum absolute atomic E-state index is 0.00595. The van der Waals surface area contributed by atoms with Gasteiger partial charge in [-0.1, -0.05) is 12.7 Å². The van der Waals surface area contributed by atoms with E-state index in [2.05, 4.69) is 63.8 Å². The van der Waals surface area contributed by atoms with Gasteiger partial charge in [-0.05, 0) is 170 Å². The smallest absolute Gasteiger partial charge is 0.255 e. The monoisotopic (exact) mass is 1470 g/mol. The summed E-state index contributed by atoms with van der Waals surface area (Å²) in [6, 6.07) is 2.11. The number of unbranched alkanes of at least 4 members (excludes halogenated alkanes) is 8. The van der Waals surface area contributed by atoms with Crippen molar-refractivity contribution in [2.24, 2.45) is 60.1 Å². The molecule has 1 aromatic carbocycles. The first-order valence-electron chi connectivity index (χ1n) is 36.6. The number of allylic oxidation sites excluding steroid dienone is 3. The van der Waals surface area contributed by atoms with Gasteiger partial charge < -0.3 is 116 Å². The number of carbonyl (C=O) groups excluding carboxylic acids is 6. The zero-order valence-corrected chi connectivity index (χ0v) is 63.4. The van der Waals surface area contributed by atoms with Gasteiger partial charge in [0, 0.05) is 108 Å². The number of ether oxygens (including phenoxy) is 6. The van der Waals surface area contributed by atoms with Crippen LogP contribution in [0.1, 0.15) is 162 Å². The van der Waals surface area contributed by atoms with Crippen molar-refractivity contribution >= 4 is 59.3 Å². The number of amides is 6. The van der Waals surface area contributed by atoms with Crippen LogP contribution in [0, 0.1) is 0 Å². The van der Waals surface area contributed by atoms with Gasteiger partial charge in [0.05, 0.1) is 74.1 Å². The van der Waals surface area contributed by atoms with Crippen molar-refractivity contribution in [3.05, 3.63) is 93.4 Å². The van der Waals surface area contributed by atoms with Crippen LogP contribution in [0.25, 0.3) is 0 Å². The molecule has 0 radical (unpaired) electrons. The molecule has 2 fully saturated rings. The van der Waals surface area contributed by atoms with E-state index in [4.69, 9.17) is 68.6 Å². The molecule has 0 bridgehead atoms.